The second kappa shape index (κ2) is 8.02. The Bertz CT molecular complexity index is 494. The van der Waals surface area contributed by atoms with E-state index in [0.29, 0.717) is 23.6 Å². The summed E-state index contributed by atoms with van der Waals surface area (Å²) < 4.78 is 10.5. The summed E-state index contributed by atoms with van der Waals surface area (Å²) >= 11 is 0. The highest BCUT2D eigenvalue weighted by atomic mass is 16.5. The van der Waals surface area contributed by atoms with Crippen molar-refractivity contribution in [2.45, 2.75) is 19.4 Å². The number of amides is 1. The molecule has 0 aliphatic heterocycles. The summed E-state index contributed by atoms with van der Waals surface area (Å²) in [5.74, 6) is 0.572. The van der Waals surface area contributed by atoms with Crippen LogP contribution in [0.5, 0.6) is 11.5 Å². The third-order valence-corrected chi connectivity index (χ3v) is 2.59. The fourth-order valence-corrected chi connectivity index (χ4v) is 1.52. The second-order valence-electron chi connectivity index (χ2n) is 4.13. The van der Waals surface area contributed by atoms with Gasteiger partial charge in [0.05, 0.1) is 25.7 Å². The second-order valence-corrected chi connectivity index (χ2v) is 4.13. The number of nitrogens with one attached hydrogen (secondary N) is 1. The first-order valence-corrected chi connectivity index (χ1v) is 6.21. The minimum Gasteiger partial charge on any atom is -0.493 e. The molecule has 0 fully saturated rings. The summed E-state index contributed by atoms with van der Waals surface area (Å²) in [7, 11) is 1.49. The van der Waals surface area contributed by atoms with Gasteiger partial charge >= 0.3 is 0 Å². The predicted octanol–water partition coefficient (Wildman–Crippen LogP) is 1.16. The van der Waals surface area contributed by atoms with E-state index >= 15 is 0 Å². The van der Waals surface area contributed by atoms with Crippen molar-refractivity contribution in [2.75, 3.05) is 20.3 Å². The van der Waals surface area contributed by atoms with Crippen molar-refractivity contribution in [3.05, 3.63) is 23.8 Å². The first kappa shape index (κ1) is 15.8. The molecule has 0 unspecified atom stereocenters. The zero-order valence-electron chi connectivity index (χ0n) is 11.5. The van der Waals surface area contributed by atoms with E-state index in [1.54, 1.807) is 25.1 Å². The van der Waals surface area contributed by atoms with Crippen LogP contribution in [-0.4, -0.2) is 31.3 Å². The molecule has 0 saturated heterocycles. The van der Waals surface area contributed by atoms with Crippen LogP contribution in [0.2, 0.25) is 0 Å². The van der Waals surface area contributed by atoms with Crippen molar-refractivity contribution in [1.82, 2.24) is 5.32 Å². The summed E-state index contributed by atoms with van der Waals surface area (Å²) in [5, 5.41) is 20.4. The Morgan fingerprint density at radius 2 is 2.25 bits per heavy atom. The van der Waals surface area contributed by atoms with Gasteiger partial charge in [-0.2, -0.15) is 5.26 Å². The van der Waals surface area contributed by atoms with Gasteiger partial charge in [-0.1, -0.05) is 6.07 Å². The molecule has 0 saturated carbocycles. The fraction of sp³-hybridized carbons (Fsp3) is 0.429. The maximum Gasteiger partial charge on any atom is 0.257 e. The molecule has 0 spiro atoms. The summed E-state index contributed by atoms with van der Waals surface area (Å²) in [4.78, 5) is 11.4. The summed E-state index contributed by atoms with van der Waals surface area (Å²) in [6, 6.07) is 6.94. The maximum atomic E-state index is 11.4. The number of hydrogen-bond acceptors (Lipinski definition) is 5. The number of carbonyl (C=O) groups is 1. The molecule has 1 atom stereocenters. The van der Waals surface area contributed by atoms with E-state index in [4.69, 9.17) is 14.7 Å². The van der Waals surface area contributed by atoms with Crippen LogP contribution in [0.4, 0.5) is 0 Å². The molecular weight excluding hydrogens is 260 g/mol. The summed E-state index contributed by atoms with van der Waals surface area (Å²) in [5.41, 5.74) is 0.702. The molecule has 1 rings (SSSR count). The van der Waals surface area contributed by atoms with E-state index < -0.39 is 6.10 Å². The van der Waals surface area contributed by atoms with Crippen LogP contribution in [0.1, 0.15) is 25.0 Å². The van der Waals surface area contributed by atoms with Crippen molar-refractivity contribution in [1.29, 1.82) is 5.26 Å². The van der Waals surface area contributed by atoms with Crippen LogP contribution < -0.4 is 14.8 Å². The van der Waals surface area contributed by atoms with E-state index in [0.717, 1.165) is 0 Å². The molecule has 1 amide bonds. The number of ether oxygens (including phenoxy) is 2. The number of benzene rings is 1. The number of rotatable bonds is 7. The predicted molar refractivity (Wildman–Crippen MR) is 72.4 cm³/mol. The Morgan fingerprint density at radius 3 is 2.85 bits per heavy atom. The van der Waals surface area contributed by atoms with Gasteiger partial charge in [0.15, 0.2) is 18.1 Å². The third-order valence-electron chi connectivity index (χ3n) is 2.59. The molecule has 1 aromatic rings. The van der Waals surface area contributed by atoms with Crippen molar-refractivity contribution < 1.29 is 19.4 Å². The normalized spacial score (nSPS) is 11.3. The minimum atomic E-state index is -0.604. The van der Waals surface area contributed by atoms with Crippen LogP contribution in [0, 0.1) is 11.3 Å². The lowest BCUT2D eigenvalue weighted by atomic mass is 10.1. The molecule has 0 aromatic heterocycles. The van der Waals surface area contributed by atoms with Gasteiger partial charge in [0, 0.05) is 6.54 Å². The number of hydrogen-bond donors (Lipinski definition) is 2. The van der Waals surface area contributed by atoms with Gasteiger partial charge in [-0.15, -0.1) is 0 Å². The Balaban J connectivity index is 2.59. The number of nitrogens with zero attached hydrogens (tertiary/aromatic N) is 1. The van der Waals surface area contributed by atoms with E-state index in [-0.39, 0.29) is 18.9 Å². The lowest BCUT2D eigenvalue weighted by Crippen LogP contribution is -2.29. The zero-order valence-corrected chi connectivity index (χ0v) is 11.5. The molecule has 2 N–H and O–H groups in total. The molecule has 6 nitrogen and oxygen atoms in total. The van der Waals surface area contributed by atoms with E-state index in [1.807, 2.05) is 6.07 Å². The van der Waals surface area contributed by atoms with Crippen LogP contribution in [0.3, 0.4) is 0 Å². The average molecular weight is 278 g/mol. The van der Waals surface area contributed by atoms with Gasteiger partial charge in [-0.25, -0.2) is 0 Å². The van der Waals surface area contributed by atoms with Gasteiger partial charge in [0.2, 0.25) is 0 Å². The van der Waals surface area contributed by atoms with E-state index in [2.05, 4.69) is 5.32 Å². The standard InChI is InChI=1S/C14H18N2O4/c1-10(17)11-4-5-12(13(8-11)19-2)20-9-14(18)16-7-3-6-15/h4-5,8,10,17H,3,7,9H2,1-2H3,(H,16,18)/t10-/m0/s1. The van der Waals surface area contributed by atoms with Gasteiger partial charge in [0.1, 0.15) is 0 Å². The Hall–Kier alpha value is -2.26. The van der Waals surface area contributed by atoms with Gasteiger partial charge in [-0.3, -0.25) is 4.79 Å². The Morgan fingerprint density at radius 1 is 1.50 bits per heavy atom. The lowest BCUT2D eigenvalue weighted by molar-refractivity contribution is -0.123. The topological polar surface area (TPSA) is 91.6 Å². The molecule has 6 heteroatoms. The fourth-order valence-electron chi connectivity index (χ4n) is 1.52. The molecular formula is C14H18N2O4. The van der Waals surface area contributed by atoms with Crippen molar-refractivity contribution in [2.24, 2.45) is 0 Å². The zero-order chi connectivity index (χ0) is 15.0. The van der Waals surface area contributed by atoms with E-state index in [9.17, 15) is 9.90 Å². The van der Waals surface area contributed by atoms with Crippen LogP contribution >= 0.6 is 0 Å². The van der Waals surface area contributed by atoms with Gasteiger partial charge in [0.25, 0.3) is 5.91 Å². The molecule has 0 heterocycles. The molecule has 0 bridgehead atoms. The van der Waals surface area contributed by atoms with E-state index in [1.165, 1.54) is 7.11 Å². The van der Waals surface area contributed by atoms with Crippen LogP contribution in [-0.2, 0) is 4.79 Å². The molecule has 20 heavy (non-hydrogen) atoms. The first-order chi connectivity index (χ1) is 9.58. The molecule has 0 radical (unpaired) electrons. The third kappa shape index (κ3) is 4.78. The minimum absolute atomic E-state index is 0.157. The van der Waals surface area contributed by atoms with Crippen LogP contribution in [0.25, 0.3) is 0 Å². The van der Waals surface area contributed by atoms with Gasteiger partial charge in [-0.05, 0) is 24.6 Å². The molecule has 1 aromatic carbocycles. The number of aliphatic hydroxyl groups is 1. The van der Waals surface area contributed by atoms with Crippen molar-refractivity contribution in [3.8, 4) is 17.6 Å². The monoisotopic (exact) mass is 278 g/mol. The number of methoxy groups -OCH3 is 1. The Kier molecular flexibility index (Phi) is 6.33. The summed E-state index contributed by atoms with van der Waals surface area (Å²) in [6.45, 7) is 1.80. The smallest absolute Gasteiger partial charge is 0.257 e. The number of aliphatic hydroxyl groups excluding tert-OH is 1. The maximum absolute atomic E-state index is 11.4. The molecule has 0 aliphatic rings. The molecule has 0 aliphatic carbocycles. The Labute approximate surface area is 117 Å². The number of nitriles is 1. The van der Waals surface area contributed by atoms with Crippen molar-refractivity contribution >= 4 is 5.91 Å². The highest BCUT2D eigenvalue weighted by Gasteiger charge is 2.10. The SMILES string of the molecule is COc1cc([C@H](C)O)ccc1OCC(=O)NCCC#N. The number of carbonyl (C=O) groups excluding carboxylic acids is 1. The largest absolute Gasteiger partial charge is 0.493 e. The van der Waals surface area contributed by atoms with Crippen molar-refractivity contribution in [3.63, 3.8) is 0 Å². The highest BCUT2D eigenvalue weighted by Crippen LogP contribution is 2.30. The first-order valence-electron chi connectivity index (χ1n) is 6.21. The van der Waals surface area contributed by atoms with Crippen LogP contribution in [0.15, 0.2) is 18.2 Å². The van der Waals surface area contributed by atoms with Gasteiger partial charge < -0.3 is 19.9 Å². The highest BCUT2D eigenvalue weighted by molar-refractivity contribution is 5.77. The molecule has 108 valence electrons. The lowest BCUT2D eigenvalue weighted by Gasteiger charge is -2.13. The summed E-state index contributed by atoms with van der Waals surface area (Å²) in [6.07, 6.45) is -0.342. The average Bonchev–Trinajstić information content (AvgIpc) is 2.45. The quantitative estimate of drug-likeness (QED) is 0.730.